The van der Waals surface area contributed by atoms with Crippen molar-refractivity contribution < 1.29 is 4.74 Å². The molecule has 0 atom stereocenters. The molecule has 0 aliphatic rings. The number of halogens is 1. The molecule has 1 aromatic heterocycles. The fourth-order valence-corrected chi connectivity index (χ4v) is 3.20. The highest BCUT2D eigenvalue weighted by molar-refractivity contribution is 14.1. The number of ether oxygens (including phenoxy) is 1. The maximum atomic E-state index is 5.87. The molecule has 4 nitrogen and oxygen atoms in total. The Bertz CT molecular complexity index is 1040. The summed E-state index contributed by atoms with van der Waals surface area (Å²) in [6, 6.07) is 24.0. The largest absolute Gasteiger partial charge is 0.489 e. The molecule has 26 heavy (non-hydrogen) atoms. The van der Waals surface area contributed by atoms with E-state index in [-0.39, 0.29) is 0 Å². The standard InChI is InChI=1S/C21H16IN3O/c22-18-12-17(26-14-15-6-2-1-3-7-15)10-11-20(18)25-21-23-13-16-8-4-5-9-19(16)24-21/h1-13H,14H2,(H,23,24,25). The van der Waals surface area contributed by atoms with E-state index in [9.17, 15) is 0 Å². The van der Waals surface area contributed by atoms with Crippen molar-refractivity contribution in [1.82, 2.24) is 9.97 Å². The second-order valence-corrected chi connectivity index (χ2v) is 6.96. The highest BCUT2D eigenvalue weighted by Crippen LogP contribution is 2.26. The molecule has 1 heterocycles. The summed E-state index contributed by atoms with van der Waals surface area (Å²) < 4.78 is 6.92. The van der Waals surface area contributed by atoms with Gasteiger partial charge in [0.15, 0.2) is 0 Å². The van der Waals surface area contributed by atoms with Gasteiger partial charge in [-0.2, -0.15) is 0 Å². The van der Waals surface area contributed by atoms with E-state index < -0.39 is 0 Å². The van der Waals surface area contributed by atoms with Gasteiger partial charge in [-0.3, -0.25) is 0 Å². The Hall–Kier alpha value is -2.67. The van der Waals surface area contributed by atoms with Crippen molar-refractivity contribution >= 4 is 45.1 Å². The molecule has 1 N–H and O–H groups in total. The van der Waals surface area contributed by atoms with E-state index >= 15 is 0 Å². The van der Waals surface area contributed by atoms with Gasteiger partial charge in [0.05, 0.1) is 11.2 Å². The molecule has 0 saturated carbocycles. The molecule has 0 amide bonds. The van der Waals surface area contributed by atoms with Gasteiger partial charge in [-0.05, 0) is 52.4 Å². The molecule has 4 rings (SSSR count). The quantitative estimate of drug-likeness (QED) is 0.402. The Morgan fingerprint density at radius 1 is 0.923 bits per heavy atom. The SMILES string of the molecule is Ic1cc(OCc2ccccc2)ccc1Nc1ncc2ccccc2n1. The van der Waals surface area contributed by atoms with Gasteiger partial charge in [0, 0.05) is 15.2 Å². The van der Waals surface area contributed by atoms with Gasteiger partial charge in [0.1, 0.15) is 12.4 Å². The third kappa shape index (κ3) is 3.94. The number of rotatable bonds is 5. The Balaban J connectivity index is 1.48. The average molecular weight is 453 g/mol. The number of hydrogen-bond acceptors (Lipinski definition) is 4. The summed E-state index contributed by atoms with van der Waals surface area (Å²) in [6.07, 6.45) is 1.83. The number of benzene rings is 3. The van der Waals surface area contributed by atoms with Crippen molar-refractivity contribution in [1.29, 1.82) is 0 Å². The smallest absolute Gasteiger partial charge is 0.227 e. The van der Waals surface area contributed by atoms with E-state index in [0.29, 0.717) is 12.6 Å². The van der Waals surface area contributed by atoms with Crippen LogP contribution in [0.25, 0.3) is 10.9 Å². The van der Waals surface area contributed by atoms with Crippen LogP contribution in [0.5, 0.6) is 5.75 Å². The summed E-state index contributed by atoms with van der Waals surface area (Å²) in [5.74, 6) is 1.42. The van der Waals surface area contributed by atoms with Crippen LogP contribution in [0.2, 0.25) is 0 Å². The summed E-state index contributed by atoms with van der Waals surface area (Å²) in [7, 11) is 0. The number of para-hydroxylation sites is 1. The van der Waals surface area contributed by atoms with E-state index in [4.69, 9.17) is 4.74 Å². The van der Waals surface area contributed by atoms with Crippen molar-refractivity contribution in [3.05, 3.63) is 88.1 Å². The molecule has 0 unspecified atom stereocenters. The number of nitrogens with zero attached hydrogens (tertiary/aromatic N) is 2. The minimum atomic E-state index is 0.553. The number of hydrogen-bond donors (Lipinski definition) is 1. The zero-order valence-corrected chi connectivity index (χ0v) is 16.1. The minimum absolute atomic E-state index is 0.553. The molecular formula is C21H16IN3O. The van der Waals surface area contributed by atoms with Crippen LogP contribution >= 0.6 is 22.6 Å². The maximum Gasteiger partial charge on any atom is 0.227 e. The molecule has 0 aliphatic carbocycles. The number of nitrogens with one attached hydrogen (secondary N) is 1. The monoisotopic (exact) mass is 453 g/mol. The molecule has 3 aromatic carbocycles. The Morgan fingerprint density at radius 2 is 1.73 bits per heavy atom. The van der Waals surface area contributed by atoms with Gasteiger partial charge < -0.3 is 10.1 Å². The molecule has 0 fully saturated rings. The van der Waals surface area contributed by atoms with Gasteiger partial charge in [-0.25, -0.2) is 9.97 Å². The molecule has 128 valence electrons. The van der Waals surface area contributed by atoms with Gasteiger partial charge in [0.2, 0.25) is 5.95 Å². The summed E-state index contributed by atoms with van der Waals surface area (Å²) in [5, 5.41) is 4.31. The predicted octanol–water partition coefficient (Wildman–Crippen LogP) is 5.56. The zero-order chi connectivity index (χ0) is 17.8. The van der Waals surface area contributed by atoms with Crippen LogP contribution in [0.1, 0.15) is 5.56 Å². The highest BCUT2D eigenvalue weighted by atomic mass is 127. The molecule has 0 spiro atoms. The Labute approximate surface area is 165 Å². The van der Waals surface area contributed by atoms with Crippen LogP contribution < -0.4 is 10.1 Å². The van der Waals surface area contributed by atoms with Crippen molar-refractivity contribution in [2.24, 2.45) is 0 Å². The molecular weight excluding hydrogens is 437 g/mol. The molecule has 5 heteroatoms. The first-order valence-electron chi connectivity index (χ1n) is 8.23. The molecule has 0 aliphatic heterocycles. The lowest BCUT2D eigenvalue weighted by molar-refractivity contribution is 0.306. The van der Waals surface area contributed by atoms with E-state index in [1.807, 2.05) is 66.9 Å². The lowest BCUT2D eigenvalue weighted by Crippen LogP contribution is -2.00. The van der Waals surface area contributed by atoms with Crippen LogP contribution in [0.3, 0.4) is 0 Å². The lowest BCUT2D eigenvalue weighted by Gasteiger charge is -2.11. The molecule has 0 bridgehead atoms. The Morgan fingerprint density at radius 3 is 2.58 bits per heavy atom. The first kappa shape index (κ1) is 16.8. The number of aromatic nitrogens is 2. The van der Waals surface area contributed by atoms with E-state index in [2.05, 4.69) is 50.0 Å². The lowest BCUT2D eigenvalue weighted by atomic mass is 10.2. The van der Waals surface area contributed by atoms with E-state index in [1.54, 1.807) is 0 Å². The van der Waals surface area contributed by atoms with Crippen molar-refractivity contribution in [3.8, 4) is 5.75 Å². The van der Waals surface area contributed by atoms with Crippen LogP contribution in [-0.4, -0.2) is 9.97 Å². The average Bonchev–Trinajstić information content (AvgIpc) is 2.69. The highest BCUT2D eigenvalue weighted by Gasteiger charge is 2.06. The van der Waals surface area contributed by atoms with Crippen molar-refractivity contribution in [2.45, 2.75) is 6.61 Å². The molecule has 4 aromatic rings. The second kappa shape index (κ2) is 7.70. The van der Waals surface area contributed by atoms with E-state index in [1.165, 1.54) is 0 Å². The summed E-state index contributed by atoms with van der Waals surface area (Å²) >= 11 is 2.29. The van der Waals surface area contributed by atoms with Crippen molar-refractivity contribution in [2.75, 3.05) is 5.32 Å². The Kier molecular flexibility index (Phi) is 4.97. The zero-order valence-electron chi connectivity index (χ0n) is 13.9. The summed E-state index contributed by atoms with van der Waals surface area (Å²) in [6.45, 7) is 0.553. The third-order valence-corrected chi connectivity index (χ3v) is 4.82. The first-order valence-corrected chi connectivity index (χ1v) is 9.31. The van der Waals surface area contributed by atoms with Crippen LogP contribution in [0.4, 0.5) is 11.6 Å². The number of anilines is 2. The fourth-order valence-electron chi connectivity index (χ4n) is 2.58. The van der Waals surface area contributed by atoms with Crippen LogP contribution in [0.15, 0.2) is 79.0 Å². The van der Waals surface area contributed by atoms with Crippen molar-refractivity contribution in [3.63, 3.8) is 0 Å². The third-order valence-electron chi connectivity index (χ3n) is 3.92. The molecule has 0 radical (unpaired) electrons. The number of fused-ring (bicyclic) bond motifs is 1. The van der Waals surface area contributed by atoms with Gasteiger partial charge in [0.25, 0.3) is 0 Å². The summed E-state index contributed by atoms with van der Waals surface area (Å²) in [4.78, 5) is 8.94. The van der Waals surface area contributed by atoms with Gasteiger partial charge in [-0.15, -0.1) is 0 Å². The normalized spacial score (nSPS) is 10.7. The summed E-state index contributed by atoms with van der Waals surface area (Å²) in [5.41, 5.74) is 3.02. The van der Waals surface area contributed by atoms with Gasteiger partial charge in [-0.1, -0.05) is 48.5 Å². The van der Waals surface area contributed by atoms with Crippen LogP contribution in [0, 0.1) is 3.57 Å². The fraction of sp³-hybridized carbons (Fsp3) is 0.0476. The van der Waals surface area contributed by atoms with Gasteiger partial charge >= 0.3 is 0 Å². The topological polar surface area (TPSA) is 47.0 Å². The predicted molar refractivity (Wildman–Crippen MR) is 113 cm³/mol. The minimum Gasteiger partial charge on any atom is -0.489 e. The van der Waals surface area contributed by atoms with Crippen LogP contribution in [-0.2, 0) is 6.61 Å². The first-order chi connectivity index (χ1) is 12.8. The molecule has 0 saturated heterocycles. The maximum absolute atomic E-state index is 5.87. The van der Waals surface area contributed by atoms with E-state index in [0.717, 1.165) is 31.5 Å². The second-order valence-electron chi connectivity index (χ2n) is 5.79.